The molecule has 0 saturated carbocycles. The van der Waals surface area contributed by atoms with Crippen LogP contribution in [0.5, 0.6) is 0 Å². The summed E-state index contributed by atoms with van der Waals surface area (Å²) in [6.07, 6.45) is 10.0. The van der Waals surface area contributed by atoms with E-state index in [-0.39, 0.29) is 59.6 Å². The van der Waals surface area contributed by atoms with Crippen LogP contribution in [0.2, 0.25) is 0 Å². The quantitative estimate of drug-likeness (QED) is 0.191. The molecule has 15 nitrogen and oxygen atoms in total. The standard InChI is InChI=1S/C23H31N3O3.C23H33N3O2.2CO2/c1-22(2,3)19-14-17(15-20(27)26(19)21(28)29-23(4,5)6)16-9-7-10-18(13-16)25-12-8-11-24-25;1-22(2,3)20-16-18(11-14-25(20)21(27)28-23(4,5)6)17-9-7-10-19(15-17)26-13-8-12-24-26;2*2-1-3/h7-13,17,19H,14-15H2,1-6H3;7-10,12-13,15,18,20H,11,14,16H2,1-6H3;;/t17-,19-;18-,20+;;/m10../s1. The van der Waals surface area contributed by atoms with E-state index in [2.05, 4.69) is 82.1 Å². The van der Waals surface area contributed by atoms with Gasteiger partial charge < -0.3 is 14.4 Å². The van der Waals surface area contributed by atoms with Crippen molar-refractivity contribution in [3.63, 3.8) is 0 Å². The van der Waals surface area contributed by atoms with Crippen molar-refractivity contribution in [3.8, 4) is 11.4 Å². The van der Waals surface area contributed by atoms with E-state index in [1.807, 2.05) is 98.5 Å². The lowest BCUT2D eigenvalue weighted by molar-refractivity contribution is -0.193. The molecule has 2 aliphatic rings. The van der Waals surface area contributed by atoms with Crippen molar-refractivity contribution in [2.45, 2.75) is 144 Å². The Morgan fingerprint density at radius 3 is 1.46 bits per heavy atom. The minimum Gasteiger partial charge on any atom is -0.444 e. The first-order chi connectivity index (χ1) is 29.3. The maximum Gasteiger partial charge on any atom is 0.417 e. The number of imide groups is 1. The molecule has 0 bridgehead atoms. The second-order valence-corrected chi connectivity index (χ2v) is 19.8. The van der Waals surface area contributed by atoms with E-state index < -0.39 is 17.3 Å². The molecule has 2 fully saturated rings. The van der Waals surface area contributed by atoms with Gasteiger partial charge in [-0.3, -0.25) is 4.79 Å². The van der Waals surface area contributed by atoms with Crippen LogP contribution in [0.15, 0.2) is 85.5 Å². The lowest BCUT2D eigenvalue weighted by atomic mass is 9.75. The van der Waals surface area contributed by atoms with Gasteiger partial charge in [0.1, 0.15) is 11.2 Å². The van der Waals surface area contributed by atoms with Gasteiger partial charge in [-0.1, -0.05) is 65.8 Å². The second kappa shape index (κ2) is 21.8. The predicted octanol–water partition coefficient (Wildman–Crippen LogP) is 9.16. The van der Waals surface area contributed by atoms with Crippen molar-refractivity contribution < 1.29 is 43.0 Å². The highest BCUT2D eigenvalue weighted by Gasteiger charge is 2.45. The van der Waals surface area contributed by atoms with Crippen LogP contribution in [0.1, 0.15) is 132 Å². The van der Waals surface area contributed by atoms with Crippen LogP contribution < -0.4 is 0 Å². The smallest absolute Gasteiger partial charge is 0.417 e. The van der Waals surface area contributed by atoms with Crippen LogP contribution in [0.3, 0.4) is 0 Å². The summed E-state index contributed by atoms with van der Waals surface area (Å²) in [5.74, 6) is 0.277. The summed E-state index contributed by atoms with van der Waals surface area (Å²) in [4.78, 5) is 74.5. The number of benzene rings is 2. The number of rotatable bonds is 4. The molecule has 2 saturated heterocycles. The summed E-state index contributed by atoms with van der Waals surface area (Å²) < 4.78 is 14.9. The van der Waals surface area contributed by atoms with Gasteiger partial charge >= 0.3 is 24.5 Å². The largest absolute Gasteiger partial charge is 0.444 e. The molecule has 2 aliphatic heterocycles. The van der Waals surface area contributed by atoms with Crippen molar-refractivity contribution >= 4 is 30.4 Å². The molecule has 15 heteroatoms. The van der Waals surface area contributed by atoms with E-state index in [9.17, 15) is 14.4 Å². The highest BCUT2D eigenvalue weighted by Crippen LogP contribution is 2.42. The van der Waals surface area contributed by atoms with Crippen molar-refractivity contribution in [3.05, 3.63) is 96.6 Å². The molecule has 4 aromatic rings. The van der Waals surface area contributed by atoms with E-state index in [1.165, 1.54) is 10.5 Å². The van der Waals surface area contributed by atoms with Gasteiger partial charge in [0.25, 0.3) is 0 Å². The molecule has 0 N–H and O–H groups in total. The fourth-order valence-corrected chi connectivity index (χ4v) is 7.79. The molecule has 2 aromatic carbocycles. The Hall–Kier alpha value is -6.17. The van der Waals surface area contributed by atoms with Gasteiger partial charge in [0.05, 0.1) is 11.4 Å². The number of ether oxygens (including phenoxy) is 2. The molecular formula is C48H64N6O9. The molecule has 3 amide bonds. The Bertz CT molecular complexity index is 2150. The second-order valence-electron chi connectivity index (χ2n) is 19.8. The number of carbonyl (C=O) groups is 3. The Balaban J connectivity index is 0.000000298. The molecule has 2 aromatic heterocycles. The third-order valence-corrected chi connectivity index (χ3v) is 10.6. The van der Waals surface area contributed by atoms with Gasteiger partial charge in [-0.25, -0.2) is 23.9 Å². The van der Waals surface area contributed by atoms with Gasteiger partial charge in [0.15, 0.2) is 0 Å². The molecule has 4 atom stereocenters. The lowest BCUT2D eigenvalue weighted by Gasteiger charge is -2.46. The maximum atomic E-state index is 13.1. The first kappa shape index (κ1) is 51.2. The third-order valence-electron chi connectivity index (χ3n) is 10.6. The van der Waals surface area contributed by atoms with Crippen LogP contribution >= 0.6 is 0 Å². The topological polar surface area (TPSA) is 180 Å². The molecular weight excluding hydrogens is 805 g/mol. The van der Waals surface area contributed by atoms with Crippen molar-refractivity contribution in [2.75, 3.05) is 6.54 Å². The third kappa shape index (κ3) is 15.3. The van der Waals surface area contributed by atoms with Crippen LogP contribution in [-0.4, -0.2) is 89.6 Å². The van der Waals surface area contributed by atoms with Crippen LogP contribution in [0, 0.1) is 10.8 Å². The van der Waals surface area contributed by atoms with Gasteiger partial charge in [-0.15, -0.1) is 0 Å². The van der Waals surface area contributed by atoms with Crippen LogP contribution in [0.4, 0.5) is 9.59 Å². The first-order valence-electron chi connectivity index (χ1n) is 21.1. The number of likely N-dealkylation sites (tertiary alicyclic amines) is 2. The Morgan fingerprint density at radius 2 is 1.05 bits per heavy atom. The number of hydrogen-bond donors (Lipinski definition) is 0. The summed E-state index contributed by atoms with van der Waals surface area (Å²) in [5, 5.41) is 8.63. The Labute approximate surface area is 371 Å². The van der Waals surface area contributed by atoms with Crippen molar-refractivity contribution in [1.29, 1.82) is 0 Å². The molecule has 0 aliphatic carbocycles. The van der Waals surface area contributed by atoms with Crippen LogP contribution in [0.25, 0.3) is 11.4 Å². The fraction of sp³-hybridized carbons (Fsp3) is 0.521. The Kier molecular flexibility index (Phi) is 17.7. The monoisotopic (exact) mass is 868 g/mol. The number of amides is 3. The van der Waals surface area contributed by atoms with Crippen LogP contribution in [-0.2, 0) is 33.4 Å². The molecule has 63 heavy (non-hydrogen) atoms. The zero-order chi connectivity index (χ0) is 47.3. The van der Waals surface area contributed by atoms with E-state index in [4.69, 9.17) is 28.7 Å². The summed E-state index contributed by atoms with van der Waals surface area (Å²) in [6, 6.07) is 20.4. The van der Waals surface area contributed by atoms with E-state index in [0.717, 1.165) is 29.8 Å². The number of hydrogen-bond acceptors (Lipinski definition) is 11. The normalized spacial score (nSPS) is 19.0. The first-order valence-corrected chi connectivity index (χ1v) is 21.1. The average Bonchev–Trinajstić information content (AvgIpc) is 3.93. The van der Waals surface area contributed by atoms with Gasteiger partial charge in [-0.05, 0) is 131 Å². The van der Waals surface area contributed by atoms with E-state index in [1.54, 1.807) is 12.4 Å². The predicted molar refractivity (Wildman–Crippen MR) is 234 cm³/mol. The van der Waals surface area contributed by atoms with E-state index >= 15 is 0 Å². The SMILES string of the molecule is CC(C)(C)OC(=O)N1C(=O)C[C@H](c2cccc(-n3cccn3)c2)C[C@@H]1C(C)(C)C.CC(C)(C)OC(=O)N1CC[C@H](c2cccc(-n3cccn3)c2)C[C@@H]1C(C)(C)C.O=C=O.O=C=O. The summed E-state index contributed by atoms with van der Waals surface area (Å²) >= 11 is 0. The number of nitrogens with zero attached hydrogens (tertiary/aromatic N) is 6. The highest BCUT2D eigenvalue weighted by molar-refractivity contribution is 5.93. The molecule has 6 rings (SSSR count). The van der Waals surface area contributed by atoms with Crippen molar-refractivity contribution in [2.24, 2.45) is 10.8 Å². The summed E-state index contributed by atoms with van der Waals surface area (Å²) in [7, 11) is 0. The summed E-state index contributed by atoms with van der Waals surface area (Å²) in [5.41, 5.74) is 3.03. The zero-order valence-electron chi connectivity index (χ0n) is 38.8. The molecule has 0 spiro atoms. The van der Waals surface area contributed by atoms with Gasteiger partial charge in [0.2, 0.25) is 5.91 Å². The number of carbonyl (C=O) groups excluding carboxylic acids is 7. The summed E-state index contributed by atoms with van der Waals surface area (Å²) in [6.45, 7) is 24.7. The zero-order valence-corrected chi connectivity index (χ0v) is 38.8. The molecule has 4 heterocycles. The highest BCUT2D eigenvalue weighted by atomic mass is 16.6. The maximum absolute atomic E-state index is 13.1. The minimum absolute atomic E-state index is 0.0187. The van der Waals surface area contributed by atoms with Crippen molar-refractivity contribution in [1.82, 2.24) is 29.4 Å². The minimum atomic E-state index is -0.644. The average molecular weight is 869 g/mol. The number of piperidine rings is 2. The molecule has 0 radical (unpaired) electrons. The van der Waals surface area contributed by atoms with Gasteiger partial charge in [-0.2, -0.15) is 29.4 Å². The fourth-order valence-electron chi connectivity index (χ4n) is 7.79. The van der Waals surface area contributed by atoms with Gasteiger partial charge in [0, 0.05) is 49.8 Å². The Morgan fingerprint density at radius 1 is 0.619 bits per heavy atom. The molecule has 0 unspecified atom stereocenters. The lowest BCUT2D eigenvalue weighted by Crippen LogP contribution is -2.55. The number of aromatic nitrogens is 4. The molecule has 340 valence electrons. The van der Waals surface area contributed by atoms with E-state index in [0.29, 0.717) is 18.9 Å².